The van der Waals surface area contributed by atoms with Gasteiger partial charge in [-0.3, -0.25) is 0 Å². The Morgan fingerprint density at radius 1 is 1.60 bits per heavy atom. The Kier molecular flexibility index (Phi) is 2.77. The van der Waals surface area contributed by atoms with Gasteiger partial charge < -0.3 is 14.6 Å². The third-order valence-corrected chi connectivity index (χ3v) is 1.95. The first-order valence-electron chi connectivity index (χ1n) is 4.76. The number of hydrogen-bond donors (Lipinski definition) is 2. The second-order valence-corrected chi connectivity index (χ2v) is 3.34. The van der Waals surface area contributed by atoms with E-state index < -0.39 is 0 Å². The maximum Gasteiger partial charge on any atom is 0.238 e. The topological polar surface area (TPSA) is 87.8 Å². The van der Waals surface area contributed by atoms with Crippen LogP contribution in [-0.2, 0) is 6.42 Å². The highest BCUT2D eigenvalue weighted by molar-refractivity contribution is 5.40. The number of H-pyrrole nitrogens is 1. The molecule has 2 aromatic rings. The van der Waals surface area contributed by atoms with Crippen LogP contribution in [0, 0.1) is 0 Å². The summed E-state index contributed by atoms with van der Waals surface area (Å²) in [4.78, 5) is 11.0. The summed E-state index contributed by atoms with van der Waals surface area (Å²) < 4.78 is 5.01. The number of nitrogens with zero attached hydrogens (tertiary/aromatic N) is 3. The Hall–Kier alpha value is -1.69. The number of aryl methyl sites for hydroxylation is 1. The van der Waals surface area contributed by atoms with Crippen LogP contribution in [-0.4, -0.2) is 31.3 Å². The number of rotatable bonds is 4. The normalized spacial score (nSPS) is 12.9. The van der Waals surface area contributed by atoms with E-state index in [-0.39, 0.29) is 6.10 Å². The van der Waals surface area contributed by atoms with Gasteiger partial charge in [0.25, 0.3) is 0 Å². The van der Waals surface area contributed by atoms with Gasteiger partial charge >= 0.3 is 0 Å². The van der Waals surface area contributed by atoms with Crippen LogP contribution in [0.4, 0.5) is 0 Å². The first-order chi connectivity index (χ1) is 7.25. The van der Waals surface area contributed by atoms with Gasteiger partial charge in [0.1, 0.15) is 0 Å². The summed E-state index contributed by atoms with van der Waals surface area (Å²) in [5.74, 6) is 1.55. The predicted molar refractivity (Wildman–Crippen MR) is 51.9 cm³/mol. The first kappa shape index (κ1) is 9.85. The monoisotopic (exact) mass is 208 g/mol. The molecule has 0 saturated carbocycles. The lowest BCUT2D eigenvalue weighted by Crippen LogP contribution is -2.01. The zero-order chi connectivity index (χ0) is 10.7. The molecule has 0 amide bonds. The van der Waals surface area contributed by atoms with E-state index in [9.17, 15) is 0 Å². The largest absolute Gasteiger partial charge is 0.393 e. The third-order valence-electron chi connectivity index (χ3n) is 1.95. The second-order valence-electron chi connectivity index (χ2n) is 3.34. The van der Waals surface area contributed by atoms with Gasteiger partial charge in [-0.05, 0) is 13.3 Å². The Morgan fingerprint density at radius 2 is 2.47 bits per heavy atom. The molecule has 6 heteroatoms. The van der Waals surface area contributed by atoms with Gasteiger partial charge in [0.15, 0.2) is 5.82 Å². The van der Waals surface area contributed by atoms with E-state index in [2.05, 4.69) is 20.1 Å². The fourth-order valence-corrected chi connectivity index (χ4v) is 1.17. The van der Waals surface area contributed by atoms with Crippen molar-refractivity contribution in [1.29, 1.82) is 0 Å². The zero-order valence-electron chi connectivity index (χ0n) is 8.34. The van der Waals surface area contributed by atoms with Crippen molar-refractivity contribution >= 4 is 0 Å². The number of nitrogens with one attached hydrogen (secondary N) is 1. The summed E-state index contributed by atoms with van der Waals surface area (Å²) in [5.41, 5.74) is 0. The number of aromatic amines is 1. The van der Waals surface area contributed by atoms with E-state index in [1.165, 1.54) is 0 Å². The number of aliphatic hydroxyl groups excluding tert-OH is 1. The fraction of sp³-hybridized carbons (Fsp3) is 0.444. The highest BCUT2D eigenvalue weighted by Gasteiger charge is 2.10. The van der Waals surface area contributed by atoms with Crippen LogP contribution in [0.1, 0.15) is 19.2 Å². The lowest BCUT2D eigenvalue weighted by atomic mass is 10.2. The minimum atomic E-state index is -0.357. The molecule has 2 rings (SSSR count). The van der Waals surface area contributed by atoms with E-state index in [1.54, 1.807) is 19.3 Å². The van der Waals surface area contributed by atoms with Crippen LogP contribution in [0.5, 0.6) is 0 Å². The van der Waals surface area contributed by atoms with Crippen LogP contribution in [0.3, 0.4) is 0 Å². The van der Waals surface area contributed by atoms with Gasteiger partial charge in [-0.15, -0.1) is 0 Å². The van der Waals surface area contributed by atoms with Gasteiger partial charge in [0.05, 0.1) is 6.10 Å². The van der Waals surface area contributed by atoms with Crippen molar-refractivity contribution in [1.82, 2.24) is 20.1 Å². The van der Waals surface area contributed by atoms with Crippen LogP contribution >= 0.6 is 0 Å². The molecule has 0 aliphatic carbocycles. The third kappa shape index (κ3) is 2.41. The zero-order valence-corrected chi connectivity index (χ0v) is 8.34. The van der Waals surface area contributed by atoms with E-state index >= 15 is 0 Å². The Morgan fingerprint density at radius 3 is 3.13 bits per heavy atom. The molecule has 0 bridgehead atoms. The number of hydrogen-bond acceptors (Lipinski definition) is 5. The number of aromatic nitrogens is 4. The summed E-state index contributed by atoms with van der Waals surface area (Å²) >= 11 is 0. The molecule has 0 aliphatic rings. The fourth-order valence-electron chi connectivity index (χ4n) is 1.17. The van der Waals surface area contributed by atoms with Crippen molar-refractivity contribution in [2.24, 2.45) is 0 Å². The predicted octanol–water partition coefficient (Wildman–Crippen LogP) is 0.773. The quantitative estimate of drug-likeness (QED) is 0.774. The minimum absolute atomic E-state index is 0.357. The molecule has 2 N–H and O–H groups in total. The highest BCUT2D eigenvalue weighted by atomic mass is 16.5. The van der Waals surface area contributed by atoms with Gasteiger partial charge in [0.2, 0.25) is 11.7 Å². The molecule has 0 fully saturated rings. The molecule has 0 saturated heterocycles. The van der Waals surface area contributed by atoms with Gasteiger partial charge in [-0.25, -0.2) is 4.98 Å². The molecule has 2 heterocycles. The SMILES string of the molecule is CC(O)CCc1nc(-c2ncc[nH]2)no1. The van der Waals surface area contributed by atoms with E-state index in [0.29, 0.717) is 30.4 Å². The summed E-state index contributed by atoms with van der Waals surface area (Å²) in [6.45, 7) is 1.73. The Balaban J connectivity index is 2.04. The Labute approximate surface area is 86.4 Å². The first-order valence-corrected chi connectivity index (χ1v) is 4.76. The van der Waals surface area contributed by atoms with E-state index in [0.717, 1.165) is 0 Å². The van der Waals surface area contributed by atoms with Crippen molar-refractivity contribution in [3.63, 3.8) is 0 Å². The van der Waals surface area contributed by atoms with Crippen molar-refractivity contribution in [3.05, 3.63) is 18.3 Å². The lowest BCUT2D eigenvalue weighted by Gasteiger charge is -1.97. The minimum Gasteiger partial charge on any atom is -0.393 e. The summed E-state index contributed by atoms with van der Waals surface area (Å²) in [6, 6.07) is 0. The van der Waals surface area contributed by atoms with Crippen molar-refractivity contribution in [3.8, 4) is 11.6 Å². The van der Waals surface area contributed by atoms with E-state index in [1.807, 2.05) is 0 Å². The molecule has 1 unspecified atom stereocenters. The molecule has 0 radical (unpaired) electrons. The van der Waals surface area contributed by atoms with Gasteiger partial charge in [-0.1, -0.05) is 5.16 Å². The average molecular weight is 208 g/mol. The average Bonchev–Trinajstić information content (AvgIpc) is 2.85. The molecule has 1 atom stereocenters. The second kappa shape index (κ2) is 4.22. The molecule has 0 aliphatic heterocycles. The Bertz CT molecular complexity index is 407. The molecule has 0 aromatic carbocycles. The van der Waals surface area contributed by atoms with Crippen molar-refractivity contribution in [2.75, 3.05) is 0 Å². The number of imidazole rings is 1. The smallest absolute Gasteiger partial charge is 0.238 e. The van der Waals surface area contributed by atoms with Crippen LogP contribution in [0.25, 0.3) is 11.6 Å². The van der Waals surface area contributed by atoms with Gasteiger partial charge in [0, 0.05) is 18.8 Å². The molecule has 6 nitrogen and oxygen atoms in total. The molecule has 0 spiro atoms. The standard InChI is InChI=1S/C9H12N4O2/c1-6(14)2-3-7-12-9(13-15-7)8-10-4-5-11-8/h4-6,14H,2-3H2,1H3,(H,10,11). The maximum absolute atomic E-state index is 9.10. The van der Waals surface area contributed by atoms with Crippen molar-refractivity contribution < 1.29 is 9.63 Å². The summed E-state index contributed by atoms with van der Waals surface area (Å²) in [6.07, 6.45) is 4.15. The van der Waals surface area contributed by atoms with Crippen LogP contribution < -0.4 is 0 Å². The molecule has 2 aromatic heterocycles. The highest BCUT2D eigenvalue weighted by Crippen LogP contribution is 2.11. The van der Waals surface area contributed by atoms with Crippen LogP contribution in [0.15, 0.2) is 16.9 Å². The van der Waals surface area contributed by atoms with E-state index in [4.69, 9.17) is 9.63 Å². The molecular weight excluding hydrogens is 196 g/mol. The van der Waals surface area contributed by atoms with Crippen LogP contribution in [0.2, 0.25) is 0 Å². The van der Waals surface area contributed by atoms with Crippen molar-refractivity contribution in [2.45, 2.75) is 25.9 Å². The lowest BCUT2D eigenvalue weighted by molar-refractivity contribution is 0.180. The molecular formula is C9H12N4O2. The summed E-state index contributed by atoms with van der Waals surface area (Å²) in [7, 11) is 0. The molecule has 80 valence electrons. The van der Waals surface area contributed by atoms with Gasteiger partial charge in [-0.2, -0.15) is 4.98 Å². The number of aliphatic hydroxyl groups is 1. The summed E-state index contributed by atoms with van der Waals surface area (Å²) in [5, 5.41) is 12.9. The molecule has 15 heavy (non-hydrogen) atoms. The maximum atomic E-state index is 9.10.